The van der Waals surface area contributed by atoms with E-state index in [9.17, 15) is 0 Å². The van der Waals surface area contributed by atoms with Crippen LogP contribution in [0.1, 0.15) is 38.2 Å². The minimum Gasteiger partial charge on any atom is -0.486 e. The average molecular weight is 296 g/mol. The van der Waals surface area contributed by atoms with Crippen LogP contribution in [0.3, 0.4) is 0 Å². The first-order chi connectivity index (χ1) is 9.74. The van der Waals surface area contributed by atoms with Crippen molar-refractivity contribution in [3.63, 3.8) is 0 Å². The molecule has 0 radical (unpaired) electrons. The summed E-state index contributed by atoms with van der Waals surface area (Å²) < 4.78 is 11.2. The third-order valence-corrected chi connectivity index (χ3v) is 4.67. The Morgan fingerprint density at radius 1 is 1.25 bits per heavy atom. The fourth-order valence-corrected chi connectivity index (χ4v) is 3.46. The van der Waals surface area contributed by atoms with Crippen LogP contribution in [0, 0.1) is 5.92 Å². The van der Waals surface area contributed by atoms with Gasteiger partial charge in [0.2, 0.25) is 0 Å². The van der Waals surface area contributed by atoms with Gasteiger partial charge in [0.1, 0.15) is 13.2 Å². The fourth-order valence-electron chi connectivity index (χ4n) is 3.17. The zero-order valence-electron chi connectivity index (χ0n) is 12.0. The van der Waals surface area contributed by atoms with E-state index in [4.69, 9.17) is 21.1 Å². The predicted octanol–water partition coefficient (Wildman–Crippen LogP) is 3.78. The zero-order valence-corrected chi connectivity index (χ0v) is 12.7. The van der Waals surface area contributed by atoms with Crippen LogP contribution in [0.25, 0.3) is 0 Å². The standard InChI is InChI=1S/C16H22ClNO2/c1-11(13-4-2-3-5-13)18-10-12-8-14(17)16-15(9-12)19-6-7-20-16/h8-9,11,13,18H,2-7,10H2,1H3/t11-/m1/s1. The molecule has 1 fully saturated rings. The Labute approximate surface area is 125 Å². The summed E-state index contributed by atoms with van der Waals surface area (Å²) in [5, 5.41) is 4.27. The molecule has 20 heavy (non-hydrogen) atoms. The van der Waals surface area contributed by atoms with E-state index in [1.807, 2.05) is 12.1 Å². The highest BCUT2D eigenvalue weighted by molar-refractivity contribution is 6.32. The van der Waals surface area contributed by atoms with Gasteiger partial charge in [-0.25, -0.2) is 0 Å². The number of nitrogens with one attached hydrogen (secondary N) is 1. The normalized spacial score (nSPS) is 20.1. The van der Waals surface area contributed by atoms with Gasteiger partial charge in [0.05, 0.1) is 5.02 Å². The highest BCUT2D eigenvalue weighted by atomic mass is 35.5. The summed E-state index contributed by atoms with van der Waals surface area (Å²) in [4.78, 5) is 0. The molecule has 0 unspecified atom stereocenters. The smallest absolute Gasteiger partial charge is 0.179 e. The number of rotatable bonds is 4. The van der Waals surface area contributed by atoms with E-state index in [-0.39, 0.29) is 0 Å². The number of benzene rings is 1. The molecule has 0 saturated heterocycles. The molecule has 0 amide bonds. The Kier molecular flexibility index (Phi) is 4.37. The van der Waals surface area contributed by atoms with E-state index >= 15 is 0 Å². The maximum absolute atomic E-state index is 6.26. The summed E-state index contributed by atoms with van der Waals surface area (Å²) in [6.45, 7) is 4.28. The minimum atomic E-state index is 0.560. The predicted molar refractivity (Wildman–Crippen MR) is 80.7 cm³/mol. The molecule has 1 aromatic carbocycles. The van der Waals surface area contributed by atoms with E-state index in [2.05, 4.69) is 12.2 Å². The molecule has 1 aliphatic heterocycles. The van der Waals surface area contributed by atoms with Crippen molar-refractivity contribution in [2.24, 2.45) is 5.92 Å². The lowest BCUT2D eigenvalue weighted by Crippen LogP contribution is -2.31. The monoisotopic (exact) mass is 295 g/mol. The molecule has 110 valence electrons. The Balaban J connectivity index is 1.64. The third-order valence-electron chi connectivity index (χ3n) is 4.39. The van der Waals surface area contributed by atoms with Gasteiger partial charge >= 0.3 is 0 Å². The van der Waals surface area contributed by atoms with Crippen molar-refractivity contribution in [1.29, 1.82) is 0 Å². The van der Waals surface area contributed by atoms with E-state index in [0.717, 1.165) is 23.8 Å². The van der Waals surface area contributed by atoms with Gasteiger partial charge in [0.25, 0.3) is 0 Å². The Morgan fingerprint density at radius 2 is 2.00 bits per heavy atom. The molecule has 1 atom stereocenters. The molecule has 1 aliphatic carbocycles. The fraction of sp³-hybridized carbons (Fsp3) is 0.625. The van der Waals surface area contributed by atoms with Crippen molar-refractivity contribution >= 4 is 11.6 Å². The van der Waals surface area contributed by atoms with Crippen molar-refractivity contribution in [2.75, 3.05) is 13.2 Å². The molecular formula is C16H22ClNO2. The van der Waals surface area contributed by atoms with Crippen molar-refractivity contribution in [3.8, 4) is 11.5 Å². The summed E-state index contributed by atoms with van der Waals surface area (Å²) in [5.74, 6) is 2.28. The number of halogens is 1. The van der Waals surface area contributed by atoms with Gasteiger partial charge in [0, 0.05) is 12.6 Å². The van der Waals surface area contributed by atoms with E-state index in [1.54, 1.807) is 0 Å². The zero-order chi connectivity index (χ0) is 13.9. The maximum atomic E-state index is 6.26. The van der Waals surface area contributed by atoms with Crippen LogP contribution < -0.4 is 14.8 Å². The Morgan fingerprint density at radius 3 is 2.80 bits per heavy atom. The van der Waals surface area contributed by atoms with Gasteiger partial charge < -0.3 is 14.8 Å². The first kappa shape index (κ1) is 14.0. The highest BCUT2D eigenvalue weighted by Gasteiger charge is 2.21. The summed E-state index contributed by atoms with van der Waals surface area (Å²) >= 11 is 6.26. The lowest BCUT2D eigenvalue weighted by molar-refractivity contribution is 0.171. The van der Waals surface area contributed by atoms with Crippen LogP contribution in [0.4, 0.5) is 0 Å². The largest absolute Gasteiger partial charge is 0.486 e. The molecular weight excluding hydrogens is 274 g/mol. The van der Waals surface area contributed by atoms with Crippen LogP contribution in [0.5, 0.6) is 11.5 Å². The first-order valence-electron chi connectivity index (χ1n) is 7.55. The quantitative estimate of drug-likeness (QED) is 0.917. The maximum Gasteiger partial charge on any atom is 0.179 e. The van der Waals surface area contributed by atoms with Gasteiger partial charge in [-0.2, -0.15) is 0 Å². The van der Waals surface area contributed by atoms with Gasteiger partial charge in [-0.1, -0.05) is 24.4 Å². The van der Waals surface area contributed by atoms with Gasteiger partial charge in [-0.05, 0) is 43.4 Å². The highest BCUT2D eigenvalue weighted by Crippen LogP contribution is 2.38. The van der Waals surface area contributed by atoms with E-state index < -0.39 is 0 Å². The molecule has 1 N–H and O–H groups in total. The SMILES string of the molecule is C[C@@H](NCc1cc(Cl)c2c(c1)OCCO2)C1CCCC1. The number of hydrogen-bond donors (Lipinski definition) is 1. The van der Waals surface area contributed by atoms with Crippen LogP contribution in [0.2, 0.25) is 5.02 Å². The number of ether oxygens (including phenoxy) is 2. The molecule has 1 saturated carbocycles. The minimum absolute atomic E-state index is 0.560. The second-order valence-corrected chi connectivity index (χ2v) is 6.22. The Hall–Kier alpha value is -0.930. The number of fused-ring (bicyclic) bond motifs is 1. The lowest BCUT2D eigenvalue weighted by Gasteiger charge is -2.22. The lowest BCUT2D eigenvalue weighted by atomic mass is 9.99. The third kappa shape index (κ3) is 3.04. The summed E-state index contributed by atoms with van der Waals surface area (Å²) in [6, 6.07) is 4.57. The van der Waals surface area contributed by atoms with E-state index in [1.165, 1.54) is 25.7 Å². The average Bonchev–Trinajstić information content (AvgIpc) is 2.99. The molecule has 0 bridgehead atoms. The Bertz CT molecular complexity index is 472. The second-order valence-electron chi connectivity index (χ2n) is 5.82. The van der Waals surface area contributed by atoms with Gasteiger partial charge in [0.15, 0.2) is 11.5 Å². The molecule has 3 rings (SSSR count). The van der Waals surface area contributed by atoms with Crippen LogP contribution in [-0.2, 0) is 6.54 Å². The summed E-state index contributed by atoms with van der Waals surface area (Å²) in [7, 11) is 0. The van der Waals surface area contributed by atoms with Gasteiger partial charge in [-0.3, -0.25) is 0 Å². The van der Waals surface area contributed by atoms with Crippen molar-refractivity contribution in [1.82, 2.24) is 5.32 Å². The first-order valence-corrected chi connectivity index (χ1v) is 7.93. The van der Waals surface area contributed by atoms with Crippen LogP contribution in [0.15, 0.2) is 12.1 Å². The molecule has 2 aliphatic rings. The van der Waals surface area contributed by atoms with Gasteiger partial charge in [-0.15, -0.1) is 0 Å². The van der Waals surface area contributed by atoms with E-state index in [0.29, 0.717) is 30.0 Å². The van der Waals surface area contributed by atoms with Crippen molar-refractivity contribution in [2.45, 2.75) is 45.2 Å². The topological polar surface area (TPSA) is 30.5 Å². The van der Waals surface area contributed by atoms with Crippen LogP contribution >= 0.6 is 11.6 Å². The molecule has 0 spiro atoms. The van der Waals surface area contributed by atoms with Crippen molar-refractivity contribution in [3.05, 3.63) is 22.7 Å². The van der Waals surface area contributed by atoms with Crippen LogP contribution in [-0.4, -0.2) is 19.3 Å². The molecule has 0 aromatic heterocycles. The second kappa shape index (κ2) is 6.23. The van der Waals surface area contributed by atoms with Crippen molar-refractivity contribution < 1.29 is 9.47 Å². The number of hydrogen-bond acceptors (Lipinski definition) is 3. The summed E-state index contributed by atoms with van der Waals surface area (Å²) in [6.07, 6.45) is 5.48. The molecule has 1 heterocycles. The molecule has 4 heteroatoms. The molecule has 3 nitrogen and oxygen atoms in total. The summed E-state index contributed by atoms with van der Waals surface area (Å²) in [5.41, 5.74) is 1.16. The molecule has 1 aromatic rings.